The minimum absolute atomic E-state index is 0.00819. The van der Waals surface area contributed by atoms with Crippen LogP contribution in [0.25, 0.3) is 55.9 Å². The highest BCUT2D eigenvalue weighted by atomic mass is 15.2. The van der Waals surface area contributed by atoms with E-state index in [2.05, 4.69) is 198 Å². The van der Waals surface area contributed by atoms with Gasteiger partial charge in [-0.1, -0.05) is 128 Å². The van der Waals surface area contributed by atoms with E-state index < -0.39 is 0 Å². The lowest BCUT2D eigenvalue weighted by molar-refractivity contribution is 0.435. The average molecular weight is 671 g/mol. The van der Waals surface area contributed by atoms with Gasteiger partial charge in [-0.25, -0.2) is 4.99 Å². The Bertz CT molecular complexity index is 2690. The molecule has 10 rings (SSSR count). The molecule has 0 N–H and O–H groups in total. The molecule has 0 saturated heterocycles. The van der Waals surface area contributed by atoms with Crippen LogP contribution in [0, 0.1) is 5.92 Å². The summed E-state index contributed by atoms with van der Waals surface area (Å²) in [5.41, 5.74) is 12.9. The zero-order valence-electron chi connectivity index (χ0n) is 29.3. The van der Waals surface area contributed by atoms with E-state index in [4.69, 9.17) is 4.99 Å². The van der Waals surface area contributed by atoms with Crippen molar-refractivity contribution in [1.82, 2.24) is 14.0 Å². The molecule has 0 saturated carbocycles. The Morgan fingerprint density at radius 3 is 1.81 bits per heavy atom. The van der Waals surface area contributed by atoms with Crippen molar-refractivity contribution in [2.24, 2.45) is 10.9 Å². The molecule has 6 aromatic carbocycles. The van der Waals surface area contributed by atoms with E-state index in [1.807, 2.05) is 0 Å². The lowest BCUT2D eigenvalue weighted by Crippen LogP contribution is -2.33. The van der Waals surface area contributed by atoms with Crippen LogP contribution in [0.1, 0.15) is 40.9 Å². The van der Waals surface area contributed by atoms with Crippen LogP contribution >= 0.6 is 0 Å². The van der Waals surface area contributed by atoms with Crippen LogP contribution in [0.4, 0.5) is 0 Å². The van der Waals surface area contributed by atoms with E-state index in [9.17, 15) is 0 Å². The number of likely N-dealkylation sites (N-methyl/N-ethyl adjacent to an activating group) is 1. The summed E-state index contributed by atoms with van der Waals surface area (Å²) in [6, 6.07) is 54.8. The van der Waals surface area contributed by atoms with Gasteiger partial charge in [-0.15, -0.1) is 0 Å². The number of nitrogens with zero attached hydrogens (tertiary/aromatic N) is 4. The van der Waals surface area contributed by atoms with Gasteiger partial charge in [0.25, 0.3) is 0 Å². The Hall–Kier alpha value is -6.39. The molecule has 3 heterocycles. The Morgan fingerprint density at radius 2 is 1.13 bits per heavy atom. The first-order valence-corrected chi connectivity index (χ1v) is 18.2. The van der Waals surface area contributed by atoms with E-state index in [0.29, 0.717) is 5.92 Å². The average Bonchev–Trinajstić information content (AvgIpc) is 3.71. The molecule has 0 amide bonds. The SMILES string of the molecule is CC1C=Cc2c(c3ccccc3n2-c2cc(C3=NC(c4ccccc4)=CC(c4ccccc4)N3C)cc(-n3c4ccccc4c4ccccc43)c2)C1. The molecule has 0 bridgehead atoms. The number of rotatable bonds is 5. The van der Waals surface area contributed by atoms with Gasteiger partial charge < -0.3 is 14.0 Å². The van der Waals surface area contributed by atoms with E-state index in [0.717, 1.165) is 40.5 Å². The van der Waals surface area contributed by atoms with Gasteiger partial charge in [-0.05, 0) is 77.6 Å². The molecular weight excluding hydrogens is 633 g/mol. The van der Waals surface area contributed by atoms with Gasteiger partial charge in [0.15, 0.2) is 0 Å². The van der Waals surface area contributed by atoms with Crippen LogP contribution in [-0.2, 0) is 6.42 Å². The maximum absolute atomic E-state index is 5.48. The van der Waals surface area contributed by atoms with Crippen LogP contribution in [0.3, 0.4) is 0 Å². The summed E-state index contributed by atoms with van der Waals surface area (Å²) >= 11 is 0. The van der Waals surface area contributed by atoms with Crippen LogP contribution < -0.4 is 0 Å². The second-order valence-corrected chi connectivity index (χ2v) is 14.2. The highest BCUT2D eigenvalue weighted by molar-refractivity contribution is 6.10. The number of aromatic nitrogens is 2. The summed E-state index contributed by atoms with van der Waals surface area (Å²) < 4.78 is 4.90. The van der Waals surface area contributed by atoms with E-state index in [-0.39, 0.29) is 6.04 Å². The summed E-state index contributed by atoms with van der Waals surface area (Å²) in [6.07, 6.45) is 8.02. The number of fused-ring (bicyclic) bond motifs is 6. The molecule has 8 aromatic rings. The summed E-state index contributed by atoms with van der Waals surface area (Å²) in [5, 5.41) is 3.82. The van der Waals surface area contributed by atoms with Crippen LogP contribution in [0.5, 0.6) is 0 Å². The van der Waals surface area contributed by atoms with Crippen molar-refractivity contribution in [3.05, 3.63) is 192 Å². The van der Waals surface area contributed by atoms with Crippen molar-refractivity contribution >= 4 is 50.3 Å². The van der Waals surface area contributed by atoms with Gasteiger partial charge in [-0.2, -0.15) is 0 Å². The molecule has 2 atom stereocenters. The topological polar surface area (TPSA) is 25.5 Å². The van der Waals surface area contributed by atoms with Gasteiger partial charge in [-0.3, -0.25) is 0 Å². The van der Waals surface area contributed by atoms with Gasteiger partial charge in [0.1, 0.15) is 5.84 Å². The summed E-state index contributed by atoms with van der Waals surface area (Å²) in [4.78, 5) is 7.81. The number of para-hydroxylation sites is 3. The Labute approximate surface area is 303 Å². The molecule has 52 heavy (non-hydrogen) atoms. The minimum atomic E-state index is 0.00819. The van der Waals surface area contributed by atoms with E-state index in [1.54, 1.807) is 0 Å². The predicted octanol–water partition coefficient (Wildman–Crippen LogP) is 11.4. The molecule has 1 aliphatic carbocycles. The molecule has 4 heteroatoms. The lowest BCUT2D eigenvalue weighted by atomic mass is 9.93. The number of allylic oxidation sites excluding steroid dienone is 1. The van der Waals surface area contributed by atoms with Crippen molar-refractivity contribution in [2.45, 2.75) is 19.4 Å². The highest BCUT2D eigenvalue weighted by Gasteiger charge is 2.28. The molecule has 0 spiro atoms. The minimum Gasteiger partial charge on any atom is -0.349 e. The zero-order chi connectivity index (χ0) is 34.8. The number of hydrogen-bond acceptors (Lipinski definition) is 2. The molecule has 4 nitrogen and oxygen atoms in total. The van der Waals surface area contributed by atoms with E-state index >= 15 is 0 Å². The molecule has 1 aliphatic heterocycles. The normalized spacial score (nSPS) is 17.1. The fourth-order valence-electron chi connectivity index (χ4n) is 8.45. The Morgan fingerprint density at radius 1 is 0.577 bits per heavy atom. The number of hydrogen-bond donors (Lipinski definition) is 0. The largest absolute Gasteiger partial charge is 0.349 e. The third-order valence-corrected chi connectivity index (χ3v) is 10.9. The monoisotopic (exact) mass is 670 g/mol. The maximum atomic E-state index is 5.48. The quantitative estimate of drug-likeness (QED) is 0.179. The molecule has 2 aliphatic rings. The molecule has 2 aromatic heterocycles. The summed E-state index contributed by atoms with van der Waals surface area (Å²) in [6.45, 7) is 2.31. The van der Waals surface area contributed by atoms with Gasteiger partial charge >= 0.3 is 0 Å². The second kappa shape index (κ2) is 12.1. The second-order valence-electron chi connectivity index (χ2n) is 14.2. The van der Waals surface area contributed by atoms with Crippen LogP contribution in [-0.4, -0.2) is 26.9 Å². The van der Waals surface area contributed by atoms with E-state index in [1.165, 1.54) is 49.5 Å². The lowest BCUT2D eigenvalue weighted by Gasteiger charge is -2.34. The standard InChI is InChI=1S/C48H38N4/c1-32-25-26-46-41(27-32)40-21-11-14-24-45(40)52(46)37-29-35(28-36(30-37)51-43-22-12-9-19-38(43)39-20-10-13-23-44(39)51)48-49-42(33-15-5-3-6-16-33)31-47(50(48)2)34-17-7-4-8-18-34/h3-26,28-32,47H,27H2,1-2H3. The van der Waals surface area contributed by atoms with Crippen LogP contribution in [0.15, 0.2) is 169 Å². The van der Waals surface area contributed by atoms with Gasteiger partial charge in [0.05, 0.1) is 28.3 Å². The molecule has 0 fully saturated rings. The molecule has 2 unspecified atom stereocenters. The highest BCUT2D eigenvalue weighted by Crippen LogP contribution is 2.39. The Kier molecular flexibility index (Phi) is 7.10. The first-order chi connectivity index (χ1) is 25.6. The van der Waals surface area contributed by atoms with Crippen molar-refractivity contribution < 1.29 is 0 Å². The predicted molar refractivity (Wildman–Crippen MR) is 217 cm³/mol. The van der Waals surface area contributed by atoms with Crippen LogP contribution in [0.2, 0.25) is 0 Å². The summed E-state index contributed by atoms with van der Waals surface area (Å²) in [5.74, 6) is 1.43. The summed E-state index contributed by atoms with van der Waals surface area (Å²) in [7, 11) is 2.18. The third kappa shape index (κ3) is 4.86. The first kappa shape index (κ1) is 30.4. The van der Waals surface area contributed by atoms with Crippen molar-refractivity contribution in [2.75, 3.05) is 7.05 Å². The number of benzene rings is 6. The Balaban J connectivity index is 1.27. The van der Waals surface area contributed by atoms with Gasteiger partial charge in [0.2, 0.25) is 0 Å². The zero-order valence-corrected chi connectivity index (χ0v) is 29.3. The molecular formula is C48H38N4. The van der Waals surface area contributed by atoms with Crippen molar-refractivity contribution in [3.63, 3.8) is 0 Å². The number of amidine groups is 1. The maximum Gasteiger partial charge on any atom is 0.137 e. The smallest absolute Gasteiger partial charge is 0.137 e. The first-order valence-electron chi connectivity index (χ1n) is 18.2. The van der Waals surface area contributed by atoms with Gasteiger partial charge in [0, 0.05) is 45.8 Å². The third-order valence-electron chi connectivity index (χ3n) is 10.9. The molecule has 250 valence electrons. The fraction of sp³-hybridized carbons (Fsp3) is 0.104. The molecule has 0 radical (unpaired) electrons. The van der Waals surface area contributed by atoms with Crippen molar-refractivity contribution in [1.29, 1.82) is 0 Å². The van der Waals surface area contributed by atoms with Crippen molar-refractivity contribution in [3.8, 4) is 11.4 Å². The fourth-order valence-corrected chi connectivity index (χ4v) is 8.45. The number of aliphatic imine (C=N–C) groups is 1.